The monoisotopic (exact) mass is 660 g/mol. The lowest BCUT2D eigenvalue weighted by atomic mass is 9.84. The van der Waals surface area contributed by atoms with E-state index in [2.05, 4.69) is 10.2 Å². The summed E-state index contributed by atoms with van der Waals surface area (Å²) < 4.78 is 20.2. The van der Waals surface area contributed by atoms with Gasteiger partial charge in [-0.05, 0) is 55.3 Å². The molecule has 2 aliphatic rings. The molecule has 6 aromatic rings. The summed E-state index contributed by atoms with van der Waals surface area (Å²) in [6.07, 6.45) is 0. The highest BCUT2D eigenvalue weighted by atomic mass is 32.2. The molecule has 1 atom stereocenters. The van der Waals surface area contributed by atoms with Crippen molar-refractivity contribution >= 4 is 56.7 Å². The molecule has 1 unspecified atom stereocenters. The van der Waals surface area contributed by atoms with Crippen molar-refractivity contribution in [1.82, 2.24) is 10.2 Å². The van der Waals surface area contributed by atoms with Crippen LogP contribution in [0.15, 0.2) is 105 Å². The summed E-state index contributed by atoms with van der Waals surface area (Å²) in [4.78, 5) is 47.1. The van der Waals surface area contributed by atoms with Gasteiger partial charge in [-0.1, -0.05) is 94.9 Å². The number of hydrogen-bond donors (Lipinski definition) is 0. The van der Waals surface area contributed by atoms with E-state index in [-0.39, 0.29) is 39.8 Å². The van der Waals surface area contributed by atoms with Crippen molar-refractivity contribution in [2.45, 2.75) is 36.0 Å². The van der Waals surface area contributed by atoms with Crippen LogP contribution in [0.2, 0.25) is 0 Å². The number of halogens is 1. The molecule has 0 radical (unpaired) electrons. The van der Waals surface area contributed by atoms with Crippen LogP contribution >= 0.6 is 23.1 Å². The third-order valence-electron chi connectivity index (χ3n) is 8.57. The molecule has 4 aromatic carbocycles. The lowest BCUT2D eigenvalue weighted by molar-refractivity contribution is -0.121. The van der Waals surface area contributed by atoms with Gasteiger partial charge in [0.15, 0.2) is 15.3 Å². The average Bonchev–Trinajstić information content (AvgIpc) is 3.70. The first-order chi connectivity index (χ1) is 22.8. The molecule has 8 rings (SSSR count). The maximum atomic E-state index is 15.1. The van der Waals surface area contributed by atoms with Gasteiger partial charge in [-0.15, -0.1) is 10.2 Å². The summed E-state index contributed by atoms with van der Waals surface area (Å²) in [5.74, 6) is -1.12. The number of para-hydroxylation sites is 1. The van der Waals surface area contributed by atoms with Crippen LogP contribution in [-0.2, 0) is 22.6 Å². The number of carbonyl (C=O) groups excluding carboxylic acids is 2. The summed E-state index contributed by atoms with van der Waals surface area (Å²) in [5, 5.41) is 9.18. The topological polar surface area (TPSA) is 96.6 Å². The largest absolute Gasteiger partial charge is 0.450 e. The van der Waals surface area contributed by atoms with Crippen LogP contribution in [-0.4, -0.2) is 22.0 Å². The normalized spacial score (nSPS) is 16.8. The SMILES string of the molecule is Cc1cccc(CN2C(=O)C3(c4ccccc42)c2c(oc4ccc(C)cc4c2=O)C(=O)N3c2nnc(SCc3ccc(F)cc3)s2)c1. The van der Waals surface area contributed by atoms with E-state index in [1.165, 1.54) is 28.8 Å². The van der Waals surface area contributed by atoms with Crippen molar-refractivity contribution in [3.63, 3.8) is 0 Å². The van der Waals surface area contributed by atoms with Gasteiger partial charge in [0, 0.05) is 11.3 Å². The quantitative estimate of drug-likeness (QED) is 0.138. The van der Waals surface area contributed by atoms with Crippen LogP contribution in [0.1, 0.15) is 43.9 Å². The van der Waals surface area contributed by atoms with Gasteiger partial charge in [0.2, 0.25) is 10.9 Å². The molecule has 8 nitrogen and oxygen atoms in total. The molecule has 4 heterocycles. The fourth-order valence-electron chi connectivity index (χ4n) is 6.50. The van der Waals surface area contributed by atoms with Gasteiger partial charge in [0.05, 0.1) is 23.2 Å². The standard InChI is InChI=1S/C36H25FN4O4S2/c1-20-6-5-7-23(16-20)18-40-27-9-4-3-8-26(27)36(33(40)44)29-30(42)25-17-21(2)10-15-28(25)45-31(29)32(43)41(36)34-38-39-35(47-34)46-19-22-11-13-24(37)14-12-22/h3-17H,18-19H2,1-2H3. The van der Waals surface area contributed by atoms with Crippen molar-refractivity contribution in [2.75, 3.05) is 9.80 Å². The number of hydrogen-bond acceptors (Lipinski definition) is 8. The fraction of sp³-hybridized carbons (Fsp3) is 0.139. The van der Waals surface area contributed by atoms with E-state index in [0.717, 1.165) is 33.6 Å². The van der Waals surface area contributed by atoms with E-state index >= 15 is 4.79 Å². The van der Waals surface area contributed by atoms with Crippen LogP contribution in [0.4, 0.5) is 15.2 Å². The summed E-state index contributed by atoms with van der Waals surface area (Å²) in [6, 6.07) is 26.5. The molecule has 2 aromatic heterocycles. The average molecular weight is 661 g/mol. The molecule has 2 aliphatic heterocycles. The number of aryl methyl sites for hydroxylation is 2. The number of fused-ring (bicyclic) bond motifs is 5. The number of nitrogens with zero attached hydrogens (tertiary/aromatic N) is 4. The lowest BCUT2D eigenvalue weighted by Crippen LogP contribution is -2.53. The molecular weight excluding hydrogens is 636 g/mol. The number of anilines is 2. The molecule has 0 bridgehead atoms. The minimum atomic E-state index is -1.87. The van der Waals surface area contributed by atoms with Crippen LogP contribution in [0.25, 0.3) is 11.0 Å². The Bertz CT molecular complexity index is 2320. The van der Waals surface area contributed by atoms with Crippen LogP contribution in [0.5, 0.6) is 0 Å². The van der Waals surface area contributed by atoms with E-state index < -0.39 is 22.8 Å². The van der Waals surface area contributed by atoms with Crippen molar-refractivity contribution in [1.29, 1.82) is 0 Å². The Labute approximate surface area is 276 Å². The van der Waals surface area contributed by atoms with Gasteiger partial charge in [0.1, 0.15) is 11.4 Å². The minimum absolute atomic E-state index is 0.0273. The first kappa shape index (κ1) is 29.3. The highest BCUT2D eigenvalue weighted by molar-refractivity contribution is 8.00. The Morgan fingerprint density at radius 2 is 1.66 bits per heavy atom. The van der Waals surface area contributed by atoms with Gasteiger partial charge in [-0.25, -0.2) is 4.39 Å². The molecule has 47 heavy (non-hydrogen) atoms. The number of rotatable bonds is 6. The summed E-state index contributed by atoms with van der Waals surface area (Å²) >= 11 is 2.52. The first-order valence-electron chi connectivity index (χ1n) is 14.9. The van der Waals surface area contributed by atoms with E-state index in [4.69, 9.17) is 4.42 Å². The molecule has 232 valence electrons. The smallest absolute Gasteiger partial charge is 0.297 e. The minimum Gasteiger partial charge on any atom is -0.450 e. The predicted molar refractivity (Wildman–Crippen MR) is 179 cm³/mol. The third-order valence-corrected chi connectivity index (χ3v) is 10.7. The number of carbonyl (C=O) groups is 2. The highest BCUT2D eigenvalue weighted by Crippen LogP contribution is 2.55. The van der Waals surface area contributed by atoms with Crippen molar-refractivity contribution in [2.24, 2.45) is 0 Å². The summed E-state index contributed by atoms with van der Waals surface area (Å²) in [5.41, 5.74) is 2.65. The van der Waals surface area contributed by atoms with Gasteiger partial charge in [-0.2, -0.15) is 0 Å². The predicted octanol–water partition coefficient (Wildman–Crippen LogP) is 7.14. The van der Waals surface area contributed by atoms with Gasteiger partial charge in [0.25, 0.3) is 11.8 Å². The van der Waals surface area contributed by atoms with E-state index in [0.29, 0.717) is 21.3 Å². The van der Waals surface area contributed by atoms with Gasteiger partial charge >= 0.3 is 0 Å². The second kappa shape index (κ2) is 11.0. The number of amides is 2. The zero-order valence-corrected chi connectivity index (χ0v) is 26.8. The molecule has 11 heteroatoms. The summed E-state index contributed by atoms with van der Waals surface area (Å²) in [6.45, 7) is 4.08. The van der Waals surface area contributed by atoms with Crippen LogP contribution < -0.4 is 15.2 Å². The number of aromatic nitrogens is 2. The maximum absolute atomic E-state index is 15.1. The highest BCUT2D eigenvalue weighted by Gasteiger charge is 2.66. The second-order valence-corrected chi connectivity index (χ2v) is 13.8. The summed E-state index contributed by atoms with van der Waals surface area (Å²) in [7, 11) is 0. The fourth-order valence-corrected chi connectivity index (χ4v) is 8.35. The van der Waals surface area contributed by atoms with Gasteiger partial charge < -0.3 is 9.32 Å². The second-order valence-electron chi connectivity index (χ2n) is 11.6. The van der Waals surface area contributed by atoms with Crippen molar-refractivity contribution in [3.05, 3.63) is 146 Å². The molecule has 2 amide bonds. The Morgan fingerprint density at radius 1 is 0.872 bits per heavy atom. The maximum Gasteiger partial charge on any atom is 0.297 e. The Kier molecular flexibility index (Phi) is 6.85. The molecule has 0 fully saturated rings. The lowest BCUT2D eigenvalue weighted by Gasteiger charge is -2.32. The Morgan fingerprint density at radius 3 is 2.47 bits per heavy atom. The number of benzene rings is 4. The molecule has 0 saturated carbocycles. The molecular formula is C36H25FN4O4S2. The molecule has 0 N–H and O–H groups in total. The van der Waals surface area contributed by atoms with Crippen molar-refractivity contribution < 1.29 is 18.4 Å². The third kappa shape index (κ3) is 4.52. The number of thioether (sulfide) groups is 1. The van der Waals surface area contributed by atoms with Crippen LogP contribution in [0, 0.1) is 19.7 Å². The van der Waals surface area contributed by atoms with E-state index in [1.54, 1.807) is 47.4 Å². The zero-order valence-electron chi connectivity index (χ0n) is 25.2. The molecule has 0 saturated heterocycles. The van der Waals surface area contributed by atoms with Gasteiger partial charge in [-0.3, -0.25) is 19.3 Å². The zero-order chi connectivity index (χ0) is 32.4. The van der Waals surface area contributed by atoms with Crippen molar-refractivity contribution in [3.8, 4) is 0 Å². The molecule has 1 spiro atoms. The first-order valence-corrected chi connectivity index (χ1v) is 16.7. The Hall–Kier alpha value is -5.13. The molecule has 0 aliphatic carbocycles. The van der Waals surface area contributed by atoms with E-state index in [9.17, 15) is 14.0 Å². The van der Waals surface area contributed by atoms with Crippen LogP contribution in [0.3, 0.4) is 0 Å². The van der Waals surface area contributed by atoms with E-state index in [1.807, 2.05) is 50.2 Å². The Balaban J connectivity index is 1.32.